The number of aryl methyl sites for hydroxylation is 1. The number of halogens is 1. The highest BCUT2D eigenvalue weighted by atomic mass is 79.9. The number of hydrogen-bond acceptors (Lipinski definition) is 2. The number of anilines is 1. The molecule has 3 heteroatoms. The van der Waals surface area contributed by atoms with E-state index in [0.717, 1.165) is 19.6 Å². The van der Waals surface area contributed by atoms with Crippen molar-refractivity contribution in [3.05, 3.63) is 27.7 Å². The van der Waals surface area contributed by atoms with E-state index >= 15 is 0 Å². The Morgan fingerprint density at radius 2 is 2.25 bits per heavy atom. The summed E-state index contributed by atoms with van der Waals surface area (Å²) in [6.45, 7) is 9.80. The molecule has 2 nitrogen and oxygen atoms in total. The normalized spacial score (nSPS) is 20.5. The van der Waals surface area contributed by atoms with Gasteiger partial charge in [-0.2, -0.15) is 0 Å². The Labute approximate surface area is 106 Å². The Kier molecular flexibility index (Phi) is 3.55. The summed E-state index contributed by atoms with van der Waals surface area (Å²) in [7, 11) is 0. The molecule has 1 aromatic rings. The molecule has 0 bridgehead atoms. The van der Waals surface area contributed by atoms with Crippen LogP contribution in [0.25, 0.3) is 0 Å². The summed E-state index contributed by atoms with van der Waals surface area (Å²) in [5, 5.41) is 3.56. The van der Waals surface area contributed by atoms with Crippen LogP contribution in [0.15, 0.2) is 16.6 Å². The minimum absolute atomic E-state index is 0.547. The monoisotopic (exact) mass is 282 g/mol. The highest BCUT2D eigenvalue weighted by molar-refractivity contribution is 9.10. The van der Waals surface area contributed by atoms with E-state index in [1.54, 1.807) is 0 Å². The van der Waals surface area contributed by atoms with Gasteiger partial charge in [0.1, 0.15) is 0 Å². The molecule has 0 saturated heterocycles. The van der Waals surface area contributed by atoms with Crippen molar-refractivity contribution in [3.8, 4) is 0 Å². The van der Waals surface area contributed by atoms with E-state index in [1.807, 2.05) is 0 Å². The zero-order chi connectivity index (χ0) is 11.7. The van der Waals surface area contributed by atoms with Gasteiger partial charge in [-0.3, -0.25) is 0 Å². The minimum atomic E-state index is 0.547. The lowest BCUT2D eigenvalue weighted by Gasteiger charge is -2.26. The van der Waals surface area contributed by atoms with Gasteiger partial charge in [-0.05, 0) is 44.0 Å². The van der Waals surface area contributed by atoms with Crippen molar-refractivity contribution < 1.29 is 0 Å². The second-order valence-corrected chi connectivity index (χ2v) is 5.47. The molecule has 0 aliphatic carbocycles. The van der Waals surface area contributed by atoms with Crippen molar-refractivity contribution in [2.45, 2.75) is 33.4 Å². The molecule has 1 heterocycles. The van der Waals surface area contributed by atoms with Crippen LogP contribution < -0.4 is 10.2 Å². The fourth-order valence-electron chi connectivity index (χ4n) is 2.45. The maximum Gasteiger partial charge on any atom is 0.0442 e. The molecule has 1 unspecified atom stereocenters. The van der Waals surface area contributed by atoms with Gasteiger partial charge in [-0.15, -0.1) is 0 Å². The number of nitrogens with one attached hydrogen (secondary N) is 1. The van der Waals surface area contributed by atoms with Crippen molar-refractivity contribution >= 4 is 21.6 Å². The summed E-state index contributed by atoms with van der Waals surface area (Å²) in [5.74, 6) is 0. The molecule has 1 aliphatic rings. The smallest absolute Gasteiger partial charge is 0.0442 e. The molecule has 0 radical (unpaired) electrons. The quantitative estimate of drug-likeness (QED) is 0.852. The Morgan fingerprint density at radius 1 is 1.50 bits per heavy atom. The molecule has 1 aliphatic heterocycles. The van der Waals surface area contributed by atoms with Crippen molar-refractivity contribution in [2.75, 3.05) is 18.0 Å². The topological polar surface area (TPSA) is 15.3 Å². The van der Waals surface area contributed by atoms with E-state index in [-0.39, 0.29) is 0 Å². The van der Waals surface area contributed by atoms with Crippen LogP contribution in [0.2, 0.25) is 0 Å². The molecule has 0 spiro atoms. The lowest BCUT2D eigenvalue weighted by molar-refractivity contribution is 0.556. The van der Waals surface area contributed by atoms with Crippen LogP contribution in [-0.4, -0.2) is 19.1 Å². The molecular formula is C13H19BrN2. The SMILES string of the molecule is CCN1CC(C)NCc2cc(Br)cc(C)c21. The van der Waals surface area contributed by atoms with E-state index in [2.05, 4.69) is 59.1 Å². The minimum Gasteiger partial charge on any atom is -0.370 e. The second kappa shape index (κ2) is 4.76. The number of fused-ring (bicyclic) bond motifs is 1. The predicted octanol–water partition coefficient (Wildman–Crippen LogP) is 3.08. The van der Waals surface area contributed by atoms with Crippen LogP contribution in [0.5, 0.6) is 0 Å². The summed E-state index contributed by atoms with van der Waals surface area (Å²) in [6.07, 6.45) is 0. The summed E-state index contributed by atoms with van der Waals surface area (Å²) < 4.78 is 1.18. The molecule has 1 aromatic carbocycles. The maximum atomic E-state index is 3.58. The molecule has 0 saturated carbocycles. The maximum absolute atomic E-state index is 3.58. The summed E-state index contributed by atoms with van der Waals surface area (Å²) in [6, 6.07) is 4.98. The van der Waals surface area contributed by atoms with E-state index < -0.39 is 0 Å². The van der Waals surface area contributed by atoms with E-state index in [1.165, 1.54) is 21.3 Å². The van der Waals surface area contributed by atoms with Crippen LogP contribution in [0.3, 0.4) is 0 Å². The number of nitrogens with zero attached hydrogens (tertiary/aromatic N) is 1. The first kappa shape index (κ1) is 11.9. The summed E-state index contributed by atoms with van der Waals surface area (Å²) >= 11 is 3.58. The van der Waals surface area contributed by atoms with Crippen molar-refractivity contribution in [3.63, 3.8) is 0 Å². The molecule has 1 N–H and O–H groups in total. The third-order valence-corrected chi connectivity index (χ3v) is 3.64. The third kappa shape index (κ3) is 2.25. The molecule has 1 atom stereocenters. The van der Waals surface area contributed by atoms with Crippen LogP contribution in [0, 0.1) is 6.92 Å². The lowest BCUT2D eigenvalue weighted by atomic mass is 10.1. The molecule has 0 fully saturated rings. The standard InChI is InChI=1S/C13H19BrN2/c1-4-16-8-10(3)15-7-11-6-12(14)5-9(2)13(11)16/h5-6,10,15H,4,7-8H2,1-3H3. The fourth-order valence-corrected chi connectivity index (χ4v) is 3.07. The number of hydrogen-bond donors (Lipinski definition) is 1. The number of rotatable bonds is 1. The molecule has 88 valence electrons. The Hall–Kier alpha value is -0.540. The molecular weight excluding hydrogens is 264 g/mol. The first-order valence-electron chi connectivity index (χ1n) is 5.89. The van der Waals surface area contributed by atoms with E-state index in [9.17, 15) is 0 Å². The van der Waals surface area contributed by atoms with Crippen molar-refractivity contribution in [1.29, 1.82) is 0 Å². The van der Waals surface area contributed by atoms with E-state index in [4.69, 9.17) is 0 Å². The van der Waals surface area contributed by atoms with Gasteiger partial charge in [0.05, 0.1) is 0 Å². The van der Waals surface area contributed by atoms with E-state index in [0.29, 0.717) is 6.04 Å². The summed E-state index contributed by atoms with van der Waals surface area (Å²) in [5.41, 5.74) is 4.18. The van der Waals surface area contributed by atoms with Crippen LogP contribution in [-0.2, 0) is 6.54 Å². The number of likely N-dealkylation sites (N-methyl/N-ethyl adjacent to an activating group) is 1. The molecule has 0 aromatic heterocycles. The Bertz CT molecular complexity index is 390. The molecule has 16 heavy (non-hydrogen) atoms. The Morgan fingerprint density at radius 3 is 2.94 bits per heavy atom. The first-order chi connectivity index (χ1) is 7.61. The van der Waals surface area contributed by atoms with Crippen molar-refractivity contribution in [2.24, 2.45) is 0 Å². The summed E-state index contributed by atoms with van der Waals surface area (Å²) in [4.78, 5) is 2.47. The van der Waals surface area contributed by atoms with Gasteiger partial charge in [-0.1, -0.05) is 15.9 Å². The van der Waals surface area contributed by atoms with Crippen LogP contribution in [0.4, 0.5) is 5.69 Å². The van der Waals surface area contributed by atoms with Gasteiger partial charge in [0.15, 0.2) is 0 Å². The van der Waals surface area contributed by atoms with Gasteiger partial charge in [0, 0.05) is 35.8 Å². The van der Waals surface area contributed by atoms with Crippen LogP contribution >= 0.6 is 15.9 Å². The van der Waals surface area contributed by atoms with Crippen LogP contribution in [0.1, 0.15) is 25.0 Å². The highest BCUT2D eigenvalue weighted by Gasteiger charge is 2.19. The Balaban J connectivity index is 2.48. The second-order valence-electron chi connectivity index (χ2n) is 4.55. The lowest BCUT2D eigenvalue weighted by Crippen LogP contribution is -2.36. The van der Waals surface area contributed by atoms with Gasteiger partial charge < -0.3 is 10.2 Å². The average molecular weight is 283 g/mol. The average Bonchev–Trinajstić information content (AvgIpc) is 2.38. The fraction of sp³-hybridized carbons (Fsp3) is 0.538. The van der Waals surface area contributed by atoms with Gasteiger partial charge in [0.2, 0.25) is 0 Å². The largest absolute Gasteiger partial charge is 0.370 e. The molecule has 0 amide bonds. The van der Waals surface area contributed by atoms with Gasteiger partial charge in [-0.25, -0.2) is 0 Å². The van der Waals surface area contributed by atoms with Gasteiger partial charge >= 0.3 is 0 Å². The molecule has 2 rings (SSSR count). The number of benzene rings is 1. The zero-order valence-corrected chi connectivity index (χ0v) is 11.8. The zero-order valence-electron chi connectivity index (χ0n) is 10.2. The predicted molar refractivity (Wildman–Crippen MR) is 73.1 cm³/mol. The first-order valence-corrected chi connectivity index (χ1v) is 6.68. The van der Waals surface area contributed by atoms with Crippen molar-refractivity contribution in [1.82, 2.24) is 5.32 Å². The third-order valence-electron chi connectivity index (χ3n) is 3.18. The highest BCUT2D eigenvalue weighted by Crippen LogP contribution is 2.30. The van der Waals surface area contributed by atoms with Gasteiger partial charge in [0.25, 0.3) is 0 Å².